The predicted octanol–water partition coefficient (Wildman–Crippen LogP) is 1.50. The van der Waals surface area contributed by atoms with Crippen LogP contribution in [0.1, 0.15) is 20.8 Å². The molecule has 0 aliphatic heterocycles. The Morgan fingerprint density at radius 2 is 1.40 bits per heavy atom. The van der Waals surface area contributed by atoms with E-state index >= 15 is 0 Å². The highest BCUT2D eigenvalue weighted by Gasteiger charge is 2.06. The van der Waals surface area contributed by atoms with Gasteiger partial charge in [0, 0.05) is 0 Å². The van der Waals surface area contributed by atoms with Crippen LogP contribution in [0, 0.1) is 0 Å². The van der Waals surface area contributed by atoms with Gasteiger partial charge < -0.3 is 10.2 Å². The fourth-order valence-electron chi connectivity index (χ4n) is 0. The van der Waals surface area contributed by atoms with Gasteiger partial charge in [-0.1, -0.05) is 0 Å². The van der Waals surface area contributed by atoms with Gasteiger partial charge >= 0.3 is 6.16 Å². The van der Waals surface area contributed by atoms with Crippen LogP contribution in [0.4, 0.5) is 4.79 Å². The van der Waals surface area contributed by atoms with E-state index in [4.69, 9.17) is 20.3 Å². The number of carboxylic acid groups (broad SMARTS) is 2. The molecule has 0 aliphatic carbocycles. The van der Waals surface area contributed by atoms with E-state index in [1.165, 1.54) is 0 Å². The Hall–Kier alpha value is -0.810. The Balaban J connectivity index is 0. The van der Waals surface area contributed by atoms with Crippen molar-refractivity contribution in [2.45, 2.75) is 26.4 Å². The molecule has 0 aromatic carbocycles. The summed E-state index contributed by atoms with van der Waals surface area (Å²) in [7, 11) is 0. The Bertz CT molecular complexity index is 88.7. The molecule has 0 radical (unpaired) electrons. The van der Waals surface area contributed by atoms with Crippen LogP contribution in [0.15, 0.2) is 0 Å². The maximum atomic E-state index is 8.56. The zero-order chi connectivity index (χ0) is 8.78. The second kappa shape index (κ2) is 5.01. The van der Waals surface area contributed by atoms with Gasteiger partial charge in [-0.3, -0.25) is 5.26 Å². The fourth-order valence-corrected chi connectivity index (χ4v) is 0. The van der Waals surface area contributed by atoms with Crippen molar-refractivity contribution in [2.75, 3.05) is 0 Å². The third kappa shape index (κ3) is 57.4. The molecule has 0 fully saturated rings. The molecular weight excluding hydrogens is 140 g/mol. The molecule has 0 saturated heterocycles. The van der Waals surface area contributed by atoms with Crippen LogP contribution in [0.5, 0.6) is 0 Å². The Morgan fingerprint density at radius 3 is 1.40 bits per heavy atom. The first-order valence-electron chi connectivity index (χ1n) is 2.54. The van der Waals surface area contributed by atoms with Gasteiger partial charge in [-0.05, 0) is 20.8 Å². The van der Waals surface area contributed by atoms with Gasteiger partial charge in [0.25, 0.3) is 0 Å². The van der Waals surface area contributed by atoms with Crippen LogP contribution < -0.4 is 0 Å². The standard InChI is InChI=1S/C4H10O2.CH2O3/c1-4(2,3)6-5;2-1(3)4/h5H,1-3H3;(H2,2,3,4). The first kappa shape index (κ1) is 11.9. The molecule has 0 unspecified atom stereocenters. The summed E-state index contributed by atoms with van der Waals surface area (Å²) in [4.78, 5) is 12.5. The topological polar surface area (TPSA) is 87.0 Å². The van der Waals surface area contributed by atoms with Crippen molar-refractivity contribution in [3.63, 3.8) is 0 Å². The molecule has 0 rings (SSSR count). The summed E-state index contributed by atoms with van der Waals surface area (Å²) in [5, 5.41) is 21.8. The Morgan fingerprint density at radius 1 is 1.30 bits per heavy atom. The molecule has 0 aliphatic rings. The molecule has 0 amide bonds. The summed E-state index contributed by atoms with van der Waals surface area (Å²) in [6.45, 7) is 5.31. The summed E-state index contributed by atoms with van der Waals surface area (Å²) < 4.78 is 0. The number of rotatable bonds is 0. The minimum atomic E-state index is -1.83. The van der Waals surface area contributed by atoms with Gasteiger partial charge in [0.15, 0.2) is 0 Å². The van der Waals surface area contributed by atoms with Crippen LogP contribution in [-0.4, -0.2) is 27.2 Å². The molecule has 0 aromatic rings. The van der Waals surface area contributed by atoms with E-state index in [1.54, 1.807) is 20.8 Å². The smallest absolute Gasteiger partial charge is 0.450 e. The average molecular weight is 152 g/mol. The first-order valence-corrected chi connectivity index (χ1v) is 2.54. The molecule has 0 spiro atoms. The summed E-state index contributed by atoms with van der Waals surface area (Å²) in [6.07, 6.45) is -1.83. The van der Waals surface area contributed by atoms with Crippen LogP contribution in [0.2, 0.25) is 0 Å². The molecule has 0 aromatic heterocycles. The molecular formula is C5H12O5. The average Bonchev–Trinajstić information content (AvgIpc) is 1.63. The molecule has 5 heteroatoms. The van der Waals surface area contributed by atoms with Gasteiger partial charge in [-0.15, -0.1) is 0 Å². The van der Waals surface area contributed by atoms with Crippen molar-refractivity contribution < 1.29 is 25.2 Å². The normalized spacial score (nSPS) is 9.60. The minimum absolute atomic E-state index is 0.403. The molecule has 5 nitrogen and oxygen atoms in total. The second-order valence-electron chi connectivity index (χ2n) is 2.49. The Labute approximate surface area is 58.8 Å². The zero-order valence-electron chi connectivity index (χ0n) is 6.16. The van der Waals surface area contributed by atoms with Crippen LogP contribution in [0.3, 0.4) is 0 Å². The lowest BCUT2D eigenvalue weighted by Crippen LogP contribution is -2.15. The van der Waals surface area contributed by atoms with Crippen LogP contribution in [-0.2, 0) is 4.89 Å². The van der Waals surface area contributed by atoms with Crippen molar-refractivity contribution in [3.8, 4) is 0 Å². The van der Waals surface area contributed by atoms with E-state index in [0.29, 0.717) is 0 Å². The maximum absolute atomic E-state index is 8.56. The van der Waals surface area contributed by atoms with E-state index in [0.717, 1.165) is 0 Å². The number of carbonyl (C=O) groups is 1. The quantitative estimate of drug-likeness (QED) is 0.361. The highest BCUT2D eigenvalue weighted by molar-refractivity contribution is 5.53. The lowest BCUT2D eigenvalue weighted by Gasteiger charge is -2.10. The van der Waals surface area contributed by atoms with Crippen LogP contribution >= 0.6 is 0 Å². The summed E-state index contributed by atoms with van der Waals surface area (Å²) in [5.74, 6) is 0. The fraction of sp³-hybridized carbons (Fsp3) is 0.800. The summed E-state index contributed by atoms with van der Waals surface area (Å²) >= 11 is 0. The largest absolute Gasteiger partial charge is 0.503 e. The van der Waals surface area contributed by atoms with Gasteiger partial charge in [-0.2, -0.15) is 0 Å². The second-order valence-corrected chi connectivity index (χ2v) is 2.49. The lowest BCUT2D eigenvalue weighted by molar-refractivity contribution is -0.306. The maximum Gasteiger partial charge on any atom is 0.503 e. The zero-order valence-corrected chi connectivity index (χ0v) is 6.16. The highest BCUT2D eigenvalue weighted by Crippen LogP contribution is 2.01. The highest BCUT2D eigenvalue weighted by atomic mass is 17.1. The van der Waals surface area contributed by atoms with E-state index in [9.17, 15) is 0 Å². The molecule has 3 N–H and O–H groups in total. The lowest BCUT2D eigenvalue weighted by atomic mass is 10.2. The monoisotopic (exact) mass is 152 g/mol. The third-order valence-corrected chi connectivity index (χ3v) is 0.274. The summed E-state index contributed by atoms with van der Waals surface area (Å²) in [6, 6.07) is 0. The van der Waals surface area contributed by atoms with Crippen molar-refractivity contribution in [1.82, 2.24) is 0 Å². The SMILES string of the molecule is CC(C)(C)OO.O=C(O)O. The molecule has 62 valence electrons. The third-order valence-electron chi connectivity index (χ3n) is 0.274. The van der Waals surface area contributed by atoms with Gasteiger partial charge in [0.05, 0.1) is 5.60 Å². The Kier molecular flexibility index (Phi) is 5.98. The molecule has 0 bridgehead atoms. The van der Waals surface area contributed by atoms with Gasteiger partial charge in [-0.25, -0.2) is 9.68 Å². The van der Waals surface area contributed by atoms with Gasteiger partial charge in [0.2, 0.25) is 0 Å². The van der Waals surface area contributed by atoms with Gasteiger partial charge in [0.1, 0.15) is 0 Å². The number of hydrogen-bond donors (Lipinski definition) is 3. The van der Waals surface area contributed by atoms with Crippen LogP contribution in [0.25, 0.3) is 0 Å². The number of hydrogen-bond acceptors (Lipinski definition) is 3. The van der Waals surface area contributed by atoms with E-state index in [-0.39, 0.29) is 0 Å². The van der Waals surface area contributed by atoms with Crippen molar-refractivity contribution >= 4 is 6.16 Å². The minimum Gasteiger partial charge on any atom is -0.450 e. The van der Waals surface area contributed by atoms with E-state index in [1.807, 2.05) is 0 Å². The van der Waals surface area contributed by atoms with E-state index < -0.39 is 11.8 Å². The van der Waals surface area contributed by atoms with Crippen molar-refractivity contribution in [1.29, 1.82) is 0 Å². The predicted molar refractivity (Wildman–Crippen MR) is 34.1 cm³/mol. The molecule has 0 atom stereocenters. The molecule has 10 heavy (non-hydrogen) atoms. The molecule has 0 saturated carbocycles. The van der Waals surface area contributed by atoms with Crippen molar-refractivity contribution in [3.05, 3.63) is 0 Å². The van der Waals surface area contributed by atoms with E-state index in [2.05, 4.69) is 4.89 Å². The summed E-state index contributed by atoms with van der Waals surface area (Å²) in [5.41, 5.74) is -0.403. The molecule has 0 heterocycles. The first-order chi connectivity index (χ1) is 4.29. The van der Waals surface area contributed by atoms with Crippen molar-refractivity contribution in [2.24, 2.45) is 0 Å².